The fraction of sp³-hybridized carbons (Fsp3) is 0.692. The number of hydrogen-bond acceptors (Lipinski definition) is 4. The van der Waals surface area contributed by atoms with Crippen molar-refractivity contribution in [3.05, 3.63) is 18.0 Å². The molecule has 0 amide bonds. The molecule has 0 bridgehead atoms. The molecule has 0 saturated heterocycles. The van der Waals surface area contributed by atoms with Gasteiger partial charge in [0.25, 0.3) is 0 Å². The minimum Gasteiger partial charge on any atom is -0.368 e. The Bertz CT molecular complexity index is 327. The molecule has 4 nitrogen and oxygen atoms in total. The second-order valence-electron chi connectivity index (χ2n) is 4.49. The van der Waals surface area contributed by atoms with Crippen molar-refractivity contribution in [3.63, 3.8) is 0 Å². The summed E-state index contributed by atoms with van der Waals surface area (Å²) in [4.78, 5) is 10.6. The van der Waals surface area contributed by atoms with Crippen LogP contribution in [0.2, 0.25) is 0 Å². The highest BCUT2D eigenvalue weighted by molar-refractivity contribution is 5.17. The van der Waals surface area contributed by atoms with Gasteiger partial charge < -0.3 is 5.73 Å². The molecule has 0 radical (unpaired) electrons. The van der Waals surface area contributed by atoms with Crippen LogP contribution in [0.4, 0.5) is 5.95 Å². The van der Waals surface area contributed by atoms with E-state index < -0.39 is 0 Å². The third kappa shape index (κ3) is 4.69. The lowest BCUT2D eigenvalue weighted by Crippen LogP contribution is -2.33. The van der Waals surface area contributed by atoms with Crippen LogP contribution in [0, 0.1) is 0 Å². The highest BCUT2D eigenvalue weighted by Crippen LogP contribution is 2.10. The average Bonchev–Trinajstić information content (AvgIpc) is 2.33. The molecule has 1 atom stereocenters. The van der Waals surface area contributed by atoms with Crippen molar-refractivity contribution in [2.24, 2.45) is 0 Å². The number of aromatic nitrogens is 2. The number of nitrogens with zero attached hydrogens (tertiary/aromatic N) is 3. The van der Waals surface area contributed by atoms with Gasteiger partial charge in [0.05, 0.1) is 5.69 Å². The molecule has 1 heterocycles. The monoisotopic (exact) mass is 236 g/mol. The quantitative estimate of drug-likeness (QED) is 0.790. The largest absolute Gasteiger partial charge is 0.368 e. The molecule has 0 spiro atoms. The molecule has 4 heteroatoms. The van der Waals surface area contributed by atoms with E-state index >= 15 is 0 Å². The third-order valence-corrected chi connectivity index (χ3v) is 3.11. The minimum absolute atomic E-state index is 0.363. The van der Waals surface area contributed by atoms with Crippen LogP contribution in [0.15, 0.2) is 12.3 Å². The molecular weight excluding hydrogens is 212 g/mol. The van der Waals surface area contributed by atoms with Crippen molar-refractivity contribution in [3.8, 4) is 0 Å². The Balaban J connectivity index is 2.64. The summed E-state index contributed by atoms with van der Waals surface area (Å²) in [5, 5.41) is 0. The van der Waals surface area contributed by atoms with Crippen molar-refractivity contribution in [1.82, 2.24) is 14.9 Å². The number of hydrogen-bond donors (Lipinski definition) is 1. The van der Waals surface area contributed by atoms with Gasteiger partial charge in [-0.3, -0.25) is 4.90 Å². The molecule has 0 aliphatic rings. The molecule has 0 aromatic carbocycles. The van der Waals surface area contributed by atoms with Gasteiger partial charge in [-0.25, -0.2) is 9.97 Å². The van der Waals surface area contributed by atoms with Crippen LogP contribution in [0.1, 0.15) is 45.7 Å². The van der Waals surface area contributed by atoms with Gasteiger partial charge >= 0.3 is 0 Å². The Morgan fingerprint density at radius 3 is 2.76 bits per heavy atom. The predicted octanol–water partition coefficient (Wildman–Crippen LogP) is 2.46. The first-order valence-electron chi connectivity index (χ1n) is 6.48. The molecular formula is C13H24N4. The number of rotatable bonds is 7. The smallest absolute Gasteiger partial charge is 0.220 e. The maximum Gasteiger partial charge on any atom is 0.220 e. The summed E-state index contributed by atoms with van der Waals surface area (Å²) in [5.41, 5.74) is 6.61. The van der Waals surface area contributed by atoms with Crippen molar-refractivity contribution < 1.29 is 0 Å². The van der Waals surface area contributed by atoms with Crippen molar-refractivity contribution >= 4 is 5.95 Å². The van der Waals surface area contributed by atoms with Gasteiger partial charge in [0.1, 0.15) is 0 Å². The van der Waals surface area contributed by atoms with Crippen LogP contribution in [-0.2, 0) is 6.54 Å². The summed E-state index contributed by atoms with van der Waals surface area (Å²) in [6.07, 6.45) is 5.33. The van der Waals surface area contributed by atoms with Gasteiger partial charge in [-0.2, -0.15) is 0 Å². The molecule has 1 aromatic heterocycles. The Morgan fingerprint density at radius 1 is 1.41 bits per heavy atom. The molecule has 0 fully saturated rings. The minimum atomic E-state index is 0.363. The van der Waals surface area contributed by atoms with Gasteiger partial charge in [-0.1, -0.05) is 20.3 Å². The first kappa shape index (κ1) is 13.9. The Morgan fingerprint density at radius 2 is 2.18 bits per heavy atom. The molecule has 1 aromatic rings. The topological polar surface area (TPSA) is 55.0 Å². The molecule has 0 aliphatic heterocycles. The number of unbranched alkanes of at least 4 members (excludes halogenated alkanes) is 1. The van der Waals surface area contributed by atoms with E-state index in [1.54, 1.807) is 6.20 Å². The van der Waals surface area contributed by atoms with Gasteiger partial charge in [0, 0.05) is 18.8 Å². The second-order valence-corrected chi connectivity index (χ2v) is 4.49. The lowest BCUT2D eigenvalue weighted by atomic mass is 10.2. The molecule has 17 heavy (non-hydrogen) atoms. The maximum atomic E-state index is 5.60. The summed E-state index contributed by atoms with van der Waals surface area (Å²) < 4.78 is 0. The van der Waals surface area contributed by atoms with Crippen molar-refractivity contribution in [2.45, 2.75) is 52.6 Å². The summed E-state index contributed by atoms with van der Waals surface area (Å²) in [6, 6.07) is 2.52. The van der Waals surface area contributed by atoms with Crippen molar-refractivity contribution in [2.75, 3.05) is 12.3 Å². The van der Waals surface area contributed by atoms with Gasteiger partial charge in [-0.15, -0.1) is 0 Å². The summed E-state index contributed by atoms with van der Waals surface area (Å²) >= 11 is 0. The van der Waals surface area contributed by atoms with E-state index in [1.165, 1.54) is 12.8 Å². The number of nitrogen functional groups attached to an aromatic ring is 1. The summed E-state index contributed by atoms with van der Waals surface area (Å²) in [7, 11) is 0. The average molecular weight is 236 g/mol. The van der Waals surface area contributed by atoms with Crippen LogP contribution < -0.4 is 5.73 Å². The van der Waals surface area contributed by atoms with E-state index in [0.29, 0.717) is 12.0 Å². The van der Waals surface area contributed by atoms with Crippen LogP contribution in [0.25, 0.3) is 0 Å². The van der Waals surface area contributed by atoms with E-state index in [9.17, 15) is 0 Å². The molecule has 96 valence electrons. The zero-order valence-corrected chi connectivity index (χ0v) is 11.2. The maximum absolute atomic E-state index is 5.60. The number of nitrogens with two attached hydrogens (primary N) is 1. The highest BCUT2D eigenvalue weighted by Gasteiger charge is 2.12. The van der Waals surface area contributed by atoms with Gasteiger partial charge in [0.2, 0.25) is 5.95 Å². The third-order valence-electron chi connectivity index (χ3n) is 3.11. The van der Waals surface area contributed by atoms with Crippen LogP contribution >= 0.6 is 0 Å². The van der Waals surface area contributed by atoms with Gasteiger partial charge in [0.15, 0.2) is 0 Å². The Kier molecular flexibility index (Phi) is 5.91. The van der Waals surface area contributed by atoms with Crippen LogP contribution in [0.5, 0.6) is 0 Å². The van der Waals surface area contributed by atoms with Crippen LogP contribution in [-0.4, -0.2) is 27.5 Å². The fourth-order valence-electron chi connectivity index (χ4n) is 1.78. The first-order chi connectivity index (χ1) is 8.17. The Hall–Kier alpha value is -1.16. The van der Waals surface area contributed by atoms with Crippen LogP contribution in [0.3, 0.4) is 0 Å². The molecule has 0 saturated carbocycles. The highest BCUT2D eigenvalue weighted by atomic mass is 15.2. The first-order valence-corrected chi connectivity index (χ1v) is 6.48. The number of anilines is 1. The fourth-order valence-corrected chi connectivity index (χ4v) is 1.78. The molecule has 0 aliphatic carbocycles. The second kappa shape index (κ2) is 7.22. The van der Waals surface area contributed by atoms with E-state index in [2.05, 4.69) is 35.6 Å². The van der Waals surface area contributed by atoms with E-state index in [1.807, 2.05) is 6.07 Å². The lowest BCUT2D eigenvalue weighted by Gasteiger charge is -2.27. The molecule has 2 N–H and O–H groups in total. The zero-order valence-electron chi connectivity index (χ0n) is 11.2. The zero-order chi connectivity index (χ0) is 12.7. The van der Waals surface area contributed by atoms with E-state index in [-0.39, 0.29) is 0 Å². The van der Waals surface area contributed by atoms with Gasteiger partial charge in [-0.05, 0) is 32.4 Å². The SMILES string of the molecule is CCCCN(Cc1ccnc(N)n1)C(C)CC. The lowest BCUT2D eigenvalue weighted by molar-refractivity contribution is 0.190. The standard InChI is InChI=1S/C13H24N4/c1-4-6-9-17(11(3)5-2)10-12-7-8-15-13(14)16-12/h7-8,11H,4-6,9-10H2,1-3H3,(H2,14,15,16). The van der Waals surface area contributed by atoms with E-state index in [0.717, 1.165) is 25.2 Å². The molecule has 1 unspecified atom stereocenters. The summed E-state index contributed by atoms with van der Waals surface area (Å²) in [5.74, 6) is 0.363. The van der Waals surface area contributed by atoms with E-state index in [4.69, 9.17) is 5.73 Å². The summed E-state index contributed by atoms with van der Waals surface area (Å²) in [6.45, 7) is 8.69. The molecule has 1 rings (SSSR count). The normalized spacial score (nSPS) is 12.9. The van der Waals surface area contributed by atoms with Crippen molar-refractivity contribution in [1.29, 1.82) is 0 Å². The Labute approximate surface area is 104 Å². The predicted molar refractivity (Wildman–Crippen MR) is 71.5 cm³/mol.